The lowest BCUT2D eigenvalue weighted by molar-refractivity contribution is -0.140. The van der Waals surface area contributed by atoms with Crippen molar-refractivity contribution in [1.29, 1.82) is 0 Å². The molecular formula is C18H7ClF8N4O2. The lowest BCUT2D eigenvalue weighted by Crippen LogP contribution is -2.20. The fourth-order valence-electron chi connectivity index (χ4n) is 2.73. The third-order valence-electron chi connectivity index (χ3n) is 4.03. The van der Waals surface area contributed by atoms with E-state index in [1.54, 1.807) is 4.98 Å². The van der Waals surface area contributed by atoms with Gasteiger partial charge >= 0.3 is 23.7 Å². The predicted octanol–water partition coefficient (Wildman–Crippen LogP) is 4.82. The average Bonchev–Trinajstić information content (AvgIpc) is 2.69. The number of hydrogen-bond donors (Lipinski definition) is 2. The number of fused-ring (bicyclic) bond motifs is 2. The highest BCUT2D eigenvalue weighted by molar-refractivity contribution is 6.31. The van der Waals surface area contributed by atoms with Crippen LogP contribution in [0.3, 0.4) is 0 Å². The van der Waals surface area contributed by atoms with Gasteiger partial charge in [-0.1, -0.05) is 11.6 Å². The molecule has 0 aliphatic carbocycles. The number of alkyl halides is 6. The second-order valence-corrected chi connectivity index (χ2v) is 6.68. The second kappa shape index (κ2) is 8.42. The van der Waals surface area contributed by atoms with Gasteiger partial charge < -0.3 is 9.97 Å². The van der Waals surface area contributed by atoms with Crippen LogP contribution >= 0.6 is 11.6 Å². The third-order valence-corrected chi connectivity index (χ3v) is 4.26. The van der Waals surface area contributed by atoms with Gasteiger partial charge in [-0.3, -0.25) is 0 Å². The highest BCUT2D eigenvalue weighted by atomic mass is 35.5. The van der Waals surface area contributed by atoms with Gasteiger partial charge in [0.25, 0.3) is 0 Å². The molecule has 0 saturated heterocycles. The number of aromatic amines is 2. The van der Waals surface area contributed by atoms with E-state index in [4.69, 9.17) is 11.6 Å². The van der Waals surface area contributed by atoms with E-state index >= 15 is 0 Å². The maximum Gasteiger partial charge on any atom is 0.432 e. The van der Waals surface area contributed by atoms with Crippen LogP contribution in [-0.4, -0.2) is 19.9 Å². The Morgan fingerprint density at radius 3 is 1.85 bits per heavy atom. The molecule has 0 saturated carbocycles. The van der Waals surface area contributed by atoms with Crippen molar-refractivity contribution in [1.82, 2.24) is 19.9 Å². The second-order valence-electron chi connectivity index (χ2n) is 6.25. The van der Waals surface area contributed by atoms with E-state index in [1.165, 1.54) is 17.1 Å². The number of aromatic nitrogens is 4. The van der Waals surface area contributed by atoms with Crippen molar-refractivity contribution in [3.63, 3.8) is 0 Å². The standard InChI is InChI=1S/C9H4ClF3N2O.C9H3F5N2O/c10-4-1-2-6-5(3-4)7(9(11,12)13)15-8(16)14-6;10-3-1-2-4-5(6(3)11)7(9(12,13)14)16-8(17)15-4/h1-3H,(H,14,15,16);1-2H,(H,15,16,17). The van der Waals surface area contributed by atoms with Gasteiger partial charge in [-0.2, -0.15) is 36.3 Å². The van der Waals surface area contributed by atoms with Crippen LogP contribution in [0, 0.1) is 11.6 Å². The Kier molecular flexibility index (Phi) is 6.15. The molecule has 0 radical (unpaired) electrons. The van der Waals surface area contributed by atoms with Crippen molar-refractivity contribution < 1.29 is 35.1 Å². The summed E-state index contributed by atoms with van der Waals surface area (Å²) in [5.74, 6) is -3.14. The van der Waals surface area contributed by atoms with Crippen LogP contribution < -0.4 is 11.4 Å². The minimum absolute atomic E-state index is 0.0412. The highest BCUT2D eigenvalue weighted by Crippen LogP contribution is 2.34. The van der Waals surface area contributed by atoms with Gasteiger partial charge in [0.05, 0.1) is 16.4 Å². The van der Waals surface area contributed by atoms with Crippen LogP contribution in [0.4, 0.5) is 35.1 Å². The van der Waals surface area contributed by atoms with Gasteiger partial charge in [-0.15, -0.1) is 0 Å². The Bertz CT molecular complexity index is 1480. The first-order valence-corrected chi connectivity index (χ1v) is 8.78. The van der Waals surface area contributed by atoms with Crippen molar-refractivity contribution in [3.8, 4) is 0 Å². The minimum Gasteiger partial charge on any atom is -0.301 e. The van der Waals surface area contributed by atoms with Crippen LogP contribution in [0.5, 0.6) is 0 Å². The molecule has 0 unspecified atom stereocenters. The van der Waals surface area contributed by atoms with Gasteiger partial charge in [-0.05, 0) is 30.3 Å². The van der Waals surface area contributed by atoms with Crippen molar-refractivity contribution in [2.45, 2.75) is 12.4 Å². The molecule has 174 valence electrons. The summed E-state index contributed by atoms with van der Waals surface area (Å²) in [6.45, 7) is 0. The molecule has 0 bridgehead atoms. The molecule has 0 amide bonds. The first kappa shape index (κ1) is 24.1. The zero-order valence-electron chi connectivity index (χ0n) is 15.5. The zero-order chi connectivity index (χ0) is 24.7. The summed E-state index contributed by atoms with van der Waals surface area (Å²) < 4.78 is 101. The number of hydrogen-bond acceptors (Lipinski definition) is 4. The Morgan fingerprint density at radius 1 is 0.758 bits per heavy atom. The van der Waals surface area contributed by atoms with Crippen molar-refractivity contribution in [2.75, 3.05) is 0 Å². The Hall–Kier alpha value is -3.55. The molecule has 0 fully saturated rings. The molecule has 0 spiro atoms. The molecule has 15 heteroatoms. The van der Waals surface area contributed by atoms with Crippen molar-refractivity contribution >= 4 is 33.4 Å². The number of H-pyrrole nitrogens is 2. The molecule has 2 aromatic carbocycles. The largest absolute Gasteiger partial charge is 0.432 e. The van der Waals surface area contributed by atoms with Crippen LogP contribution in [0.2, 0.25) is 5.02 Å². The number of nitrogens with zero attached hydrogens (tertiary/aromatic N) is 2. The van der Waals surface area contributed by atoms with Gasteiger partial charge in [0.15, 0.2) is 11.6 Å². The minimum atomic E-state index is -5.00. The van der Waals surface area contributed by atoms with E-state index in [0.717, 1.165) is 12.1 Å². The first-order chi connectivity index (χ1) is 15.2. The summed E-state index contributed by atoms with van der Waals surface area (Å²) in [6.07, 6.45) is -9.65. The van der Waals surface area contributed by atoms with Crippen LogP contribution in [-0.2, 0) is 12.4 Å². The quantitative estimate of drug-likeness (QED) is 0.340. The van der Waals surface area contributed by atoms with E-state index in [0.29, 0.717) is 6.07 Å². The summed E-state index contributed by atoms with van der Waals surface area (Å²) in [6, 6.07) is 5.16. The zero-order valence-corrected chi connectivity index (χ0v) is 16.3. The monoisotopic (exact) mass is 498 g/mol. The van der Waals surface area contributed by atoms with Crippen LogP contribution in [0.15, 0.2) is 39.9 Å². The SMILES string of the molecule is O=c1nc2ccc(Cl)cc2c(C(F)(F)F)[nH]1.O=c1nc2ccc(F)c(F)c2c(C(F)(F)F)[nH]1. The summed E-state index contributed by atoms with van der Waals surface area (Å²) in [7, 11) is 0. The molecular weight excluding hydrogens is 492 g/mol. The molecule has 0 atom stereocenters. The molecule has 2 aromatic heterocycles. The normalized spacial score (nSPS) is 12.0. The van der Waals surface area contributed by atoms with Gasteiger partial charge in [0.1, 0.15) is 11.4 Å². The van der Waals surface area contributed by atoms with E-state index < -0.39 is 57.7 Å². The Morgan fingerprint density at radius 2 is 1.27 bits per heavy atom. The van der Waals surface area contributed by atoms with Crippen molar-refractivity contribution in [3.05, 3.63) is 79.3 Å². The van der Waals surface area contributed by atoms with E-state index in [-0.39, 0.29) is 15.9 Å². The van der Waals surface area contributed by atoms with Gasteiger partial charge in [0, 0.05) is 10.4 Å². The predicted molar refractivity (Wildman–Crippen MR) is 99.7 cm³/mol. The number of rotatable bonds is 0. The molecule has 4 rings (SSSR count). The maximum atomic E-state index is 13.3. The van der Waals surface area contributed by atoms with Crippen LogP contribution in [0.25, 0.3) is 21.8 Å². The van der Waals surface area contributed by atoms with Gasteiger partial charge in [0.2, 0.25) is 0 Å². The molecule has 2 heterocycles. The fourth-order valence-corrected chi connectivity index (χ4v) is 2.90. The van der Waals surface area contributed by atoms with E-state index in [1.807, 2.05) is 0 Å². The average molecular weight is 499 g/mol. The summed E-state index contributed by atoms with van der Waals surface area (Å²) >= 11 is 5.59. The maximum absolute atomic E-state index is 13.3. The lowest BCUT2D eigenvalue weighted by atomic mass is 10.1. The van der Waals surface area contributed by atoms with E-state index in [2.05, 4.69) is 9.97 Å². The molecule has 2 N–H and O–H groups in total. The third kappa shape index (κ3) is 5.10. The summed E-state index contributed by atoms with van der Waals surface area (Å²) in [4.78, 5) is 31.4. The number of nitrogens with one attached hydrogen (secondary N) is 2. The molecule has 4 aromatic rings. The topological polar surface area (TPSA) is 91.5 Å². The number of benzene rings is 2. The fraction of sp³-hybridized carbons (Fsp3) is 0.111. The first-order valence-electron chi connectivity index (χ1n) is 8.40. The number of halogens is 9. The smallest absolute Gasteiger partial charge is 0.301 e. The van der Waals surface area contributed by atoms with Gasteiger partial charge in [-0.25, -0.2) is 18.4 Å². The molecule has 0 aliphatic heterocycles. The summed E-state index contributed by atoms with van der Waals surface area (Å²) in [5.41, 5.74) is -5.70. The molecule has 0 aliphatic rings. The molecule has 33 heavy (non-hydrogen) atoms. The van der Waals surface area contributed by atoms with Crippen molar-refractivity contribution in [2.24, 2.45) is 0 Å². The van der Waals surface area contributed by atoms with Crippen LogP contribution in [0.1, 0.15) is 11.4 Å². The highest BCUT2D eigenvalue weighted by Gasteiger charge is 2.36. The lowest BCUT2D eigenvalue weighted by Gasteiger charge is -2.09. The van der Waals surface area contributed by atoms with E-state index in [9.17, 15) is 44.7 Å². The summed E-state index contributed by atoms with van der Waals surface area (Å²) in [5, 5.41) is -1.16. The molecule has 6 nitrogen and oxygen atoms in total. The Labute approximate surface area is 180 Å². The Balaban J connectivity index is 0.000000186.